The van der Waals surface area contributed by atoms with Crippen molar-refractivity contribution in [2.24, 2.45) is 13.0 Å². The molecule has 1 aromatic heterocycles. The van der Waals surface area contributed by atoms with Crippen molar-refractivity contribution in [1.82, 2.24) is 15.1 Å². The Morgan fingerprint density at radius 1 is 1.21 bits per heavy atom. The molecule has 0 atom stereocenters. The maximum atomic E-state index is 12.8. The zero-order valence-electron chi connectivity index (χ0n) is 16.3. The summed E-state index contributed by atoms with van der Waals surface area (Å²) in [6.07, 6.45) is 2.59. The Balaban J connectivity index is 1.77. The van der Waals surface area contributed by atoms with E-state index in [2.05, 4.69) is 10.4 Å². The van der Waals surface area contributed by atoms with Gasteiger partial charge in [-0.15, -0.1) is 0 Å². The predicted octanol–water partition coefficient (Wildman–Crippen LogP) is 1.78. The second-order valence-corrected chi connectivity index (χ2v) is 7.11. The van der Waals surface area contributed by atoms with Crippen molar-refractivity contribution in [3.05, 3.63) is 51.8 Å². The van der Waals surface area contributed by atoms with Crippen molar-refractivity contribution in [1.29, 1.82) is 5.26 Å². The van der Waals surface area contributed by atoms with E-state index in [1.807, 2.05) is 6.07 Å². The fourth-order valence-corrected chi connectivity index (χ4v) is 3.53. The highest BCUT2D eigenvalue weighted by molar-refractivity contribution is 5.95. The van der Waals surface area contributed by atoms with Gasteiger partial charge in [-0.25, -0.2) is 4.68 Å². The van der Waals surface area contributed by atoms with Gasteiger partial charge in [-0.2, -0.15) is 10.4 Å². The maximum Gasteiger partial charge on any atom is 0.308 e. The fraction of sp³-hybridized carbons (Fsp3) is 0.381. The van der Waals surface area contributed by atoms with Gasteiger partial charge in [-0.1, -0.05) is 12.1 Å². The molecule has 29 heavy (non-hydrogen) atoms. The van der Waals surface area contributed by atoms with Crippen LogP contribution in [0.2, 0.25) is 0 Å². The molecular formula is C21H22N4O4. The minimum Gasteiger partial charge on any atom is -0.469 e. The van der Waals surface area contributed by atoms with Crippen LogP contribution in [0.1, 0.15) is 41.6 Å². The highest BCUT2D eigenvalue weighted by atomic mass is 16.5. The molecule has 0 unspecified atom stereocenters. The van der Waals surface area contributed by atoms with Crippen LogP contribution in [0.5, 0.6) is 0 Å². The van der Waals surface area contributed by atoms with Crippen molar-refractivity contribution >= 4 is 11.9 Å². The lowest BCUT2D eigenvalue weighted by Crippen LogP contribution is -2.41. The van der Waals surface area contributed by atoms with E-state index in [-0.39, 0.29) is 23.5 Å². The third-order valence-corrected chi connectivity index (χ3v) is 5.21. The SMILES string of the molecule is COC(=O)C1CCC(NC(=O)c2cc(-c3ccc(C#N)cc3)nn(C)c2=O)CC1. The molecule has 0 radical (unpaired) electrons. The van der Waals surface area contributed by atoms with Gasteiger partial charge in [0.1, 0.15) is 5.56 Å². The van der Waals surface area contributed by atoms with E-state index in [0.29, 0.717) is 42.5 Å². The molecule has 1 aromatic carbocycles. The number of rotatable bonds is 4. The summed E-state index contributed by atoms with van der Waals surface area (Å²) in [4.78, 5) is 36.8. The molecule has 1 aliphatic carbocycles. The number of hydrogen-bond acceptors (Lipinski definition) is 6. The monoisotopic (exact) mass is 394 g/mol. The smallest absolute Gasteiger partial charge is 0.308 e. The topological polar surface area (TPSA) is 114 Å². The first kappa shape index (κ1) is 20.3. The van der Waals surface area contributed by atoms with Crippen LogP contribution >= 0.6 is 0 Å². The largest absolute Gasteiger partial charge is 0.469 e. The summed E-state index contributed by atoms with van der Waals surface area (Å²) in [5, 5.41) is 16.0. The molecule has 1 fully saturated rings. The molecule has 1 heterocycles. The van der Waals surface area contributed by atoms with Gasteiger partial charge in [0.25, 0.3) is 11.5 Å². The van der Waals surface area contributed by atoms with Crippen LogP contribution in [0.4, 0.5) is 0 Å². The number of nitriles is 1. The van der Waals surface area contributed by atoms with Gasteiger partial charge in [0.2, 0.25) is 0 Å². The molecule has 0 saturated heterocycles. The zero-order valence-corrected chi connectivity index (χ0v) is 16.3. The minimum absolute atomic E-state index is 0.0111. The van der Waals surface area contributed by atoms with E-state index in [1.165, 1.54) is 20.2 Å². The Kier molecular flexibility index (Phi) is 6.07. The van der Waals surface area contributed by atoms with Crippen LogP contribution in [0.3, 0.4) is 0 Å². The first-order valence-electron chi connectivity index (χ1n) is 9.40. The minimum atomic E-state index is -0.483. The van der Waals surface area contributed by atoms with Crippen molar-refractivity contribution < 1.29 is 14.3 Å². The number of nitrogens with one attached hydrogen (secondary N) is 1. The van der Waals surface area contributed by atoms with Crippen LogP contribution in [0.15, 0.2) is 35.1 Å². The van der Waals surface area contributed by atoms with Crippen molar-refractivity contribution in [3.8, 4) is 17.3 Å². The number of nitrogens with zero attached hydrogens (tertiary/aromatic N) is 3. The molecule has 2 aromatic rings. The zero-order chi connectivity index (χ0) is 21.0. The number of methoxy groups -OCH3 is 1. The third kappa shape index (κ3) is 4.51. The van der Waals surface area contributed by atoms with Crippen LogP contribution in [0.25, 0.3) is 11.3 Å². The average Bonchev–Trinajstić information content (AvgIpc) is 2.75. The average molecular weight is 394 g/mol. The summed E-state index contributed by atoms with van der Waals surface area (Å²) in [7, 11) is 2.87. The molecule has 8 heteroatoms. The highest BCUT2D eigenvalue weighted by Crippen LogP contribution is 2.25. The van der Waals surface area contributed by atoms with Crippen molar-refractivity contribution in [3.63, 3.8) is 0 Å². The summed E-state index contributed by atoms with van der Waals surface area (Å²) in [5.41, 5.74) is 1.21. The number of benzene rings is 1. The molecule has 150 valence electrons. The molecule has 1 N–H and O–H groups in total. The van der Waals surface area contributed by atoms with Crippen LogP contribution in [-0.4, -0.2) is 34.8 Å². The van der Waals surface area contributed by atoms with Crippen LogP contribution in [0, 0.1) is 17.2 Å². The first-order valence-corrected chi connectivity index (χ1v) is 9.40. The molecular weight excluding hydrogens is 372 g/mol. The Morgan fingerprint density at radius 2 is 1.86 bits per heavy atom. The molecule has 8 nitrogen and oxygen atoms in total. The van der Waals surface area contributed by atoms with E-state index in [1.54, 1.807) is 24.3 Å². The van der Waals surface area contributed by atoms with Gasteiger partial charge in [-0.3, -0.25) is 14.4 Å². The Labute approximate surface area is 168 Å². The first-order chi connectivity index (χ1) is 13.9. The molecule has 0 spiro atoms. The number of ether oxygens (including phenoxy) is 1. The summed E-state index contributed by atoms with van der Waals surface area (Å²) in [6, 6.07) is 10.2. The fourth-order valence-electron chi connectivity index (χ4n) is 3.53. The lowest BCUT2D eigenvalue weighted by Gasteiger charge is -2.27. The number of aryl methyl sites for hydroxylation is 1. The van der Waals surface area contributed by atoms with Gasteiger partial charge in [-0.05, 0) is 43.9 Å². The molecule has 1 aliphatic rings. The standard InChI is InChI=1S/C21H22N4O4/c1-25-20(27)17(11-18(24-25)14-5-3-13(12-22)4-6-14)19(26)23-16-9-7-15(8-10-16)21(28)29-2/h3-6,11,15-16H,7-10H2,1-2H3,(H,23,26). The van der Waals surface area contributed by atoms with Crippen molar-refractivity contribution in [2.45, 2.75) is 31.7 Å². The van der Waals surface area contributed by atoms with Gasteiger partial charge < -0.3 is 10.1 Å². The predicted molar refractivity (Wildman–Crippen MR) is 105 cm³/mol. The quantitative estimate of drug-likeness (QED) is 0.791. The second-order valence-electron chi connectivity index (χ2n) is 7.11. The molecule has 3 rings (SSSR count). The summed E-state index contributed by atoms with van der Waals surface area (Å²) < 4.78 is 5.91. The van der Waals surface area contributed by atoms with E-state index in [0.717, 1.165) is 4.68 Å². The van der Waals surface area contributed by atoms with E-state index in [9.17, 15) is 14.4 Å². The molecule has 0 bridgehead atoms. The van der Waals surface area contributed by atoms with Gasteiger partial charge in [0.05, 0.1) is 30.4 Å². The summed E-state index contributed by atoms with van der Waals surface area (Å²) in [6.45, 7) is 0. The number of carbonyl (C=O) groups excluding carboxylic acids is 2. The number of aromatic nitrogens is 2. The second kappa shape index (κ2) is 8.69. The van der Waals surface area contributed by atoms with Gasteiger partial charge >= 0.3 is 5.97 Å². The number of amides is 1. The normalized spacial score (nSPS) is 18.5. The molecule has 0 aliphatic heterocycles. The summed E-state index contributed by atoms with van der Waals surface area (Å²) in [5.74, 6) is -0.806. The van der Waals surface area contributed by atoms with E-state index < -0.39 is 11.5 Å². The Morgan fingerprint density at radius 3 is 2.45 bits per heavy atom. The maximum absolute atomic E-state index is 12.8. The van der Waals surface area contributed by atoms with Crippen LogP contribution < -0.4 is 10.9 Å². The number of carbonyl (C=O) groups is 2. The lowest BCUT2D eigenvalue weighted by atomic mass is 9.86. The van der Waals surface area contributed by atoms with E-state index >= 15 is 0 Å². The van der Waals surface area contributed by atoms with Gasteiger partial charge in [0.15, 0.2) is 0 Å². The third-order valence-electron chi connectivity index (χ3n) is 5.21. The summed E-state index contributed by atoms with van der Waals surface area (Å²) >= 11 is 0. The Hall–Kier alpha value is -3.47. The lowest BCUT2D eigenvalue weighted by molar-refractivity contribution is -0.146. The van der Waals surface area contributed by atoms with Crippen LogP contribution in [-0.2, 0) is 16.6 Å². The Bertz CT molecular complexity index is 1010. The molecule has 1 saturated carbocycles. The van der Waals surface area contributed by atoms with Crippen molar-refractivity contribution in [2.75, 3.05) is 7.11 Å². The number of hydrogen-bond donors (Lipinski definition) is 1. The highest BCUT2D eigenvalue weighted by Gasteiger charge is 2.28. The molecule has 1 amide bonds. The number of esters is 1. The van der Waals surface area contributed by atoms with E-state index in [4.69, 9.17) is 10.00 Å². The van der Waals surface area contributed by atoms with Gasteiger partial charge in [0, 0.05) is 18.7 Å².